The highest BCUT2D eigenvalue weighted by Gasteiger charge is 2.71. The summed E-state index contributed by atoms with van der Waals surface area (Å²) in [4.78, 5) is 50.3. The van der Waals surface area contributed by atoms with E-state index < -0.39 is 65.8 Å². The first-order valence-corrected chi connectivity index (χ1v) is 18.0. The summed E-state index contributed by atoms with van der Waals surface area (Å²) >= 11 is 0. The average molecular weight is 779 g/mol. The van der Waals surface area contributed by atoms with Gasteiger partial charge in [-0.15, -0.1) is 0 Å². The molecule has 300 valence electrons. The van der Waals surface area contributed by atoms with Gasteiger partial charge in [0.15, 0.2) is 18.8 Å². The minimum atomic E-state index is -1.29. The number of hydrogen-bond donors (Lipinski definition) is 0. The monoisotopic (exact) mass is 778 g/mol. The van der Waals surface area contributed by atoms with Gasteiger partial charge in [0.05, 0.1) is 26.4 Å². The minimum Gasteiger partial charge on any atom is -0.497 e. The molecule has 0 aliphatic carbocycles. The number of benzene rings is 1. The van der Waals surface area contributed by atoms with Gasteiger partial charge in [0.1, 0.15) is 34.6 Å². The van der Waals surface area contributed by atoms with Crippen molar-refractivity contribution in [1.82, 2.24) is 5.16 Å². The molecular formula is C40H46N2O14. The van der Waals surface area contributed by atoms with Gasteiger partial charge in [0, 0.05) is 36.0 Å². The van der Waals surface area contributed by atoms with Crippen LogP contribution in [0.25, 0.3) is 17.3 Å². The molecular weight excluding hydrogens is 732 g/mol. The van der Waals surface area contributed by atoms with Crippen LogP contribution >= 0.6 is 0 Å². The molecule has 5 rings (SSSR count). The molecule has 6 atom stereocenters. The van der Waals surface area contributed by atoms with Crippen LogP contribution in [0.3, 0.4) is 0 Å². The highest BCUT2D eigenvalue weighted by molar-refractivity contribution is 5.73. The van der Waals surface area contributed by atoms with Crippen molar-refractivity contribution in [2.75, 3.05) is 14.2 Å². The fraction of sp³-hybridized carbons (Fsp3) is 0.450. The summed E-state index contributed by atoms with van der Waals surface area (Å²) in [6.07, 6.45) is 7.16. The quantitative estimate of drug-likeness (QED) is 0.0826. The topological polar surface area (TPSA) is 199 Å². The Labute approximate surface area is 323 Å². The molecule has 0 amide bonds. The third kappa shape index (κ3) is 9.03. The average Bonchev–Trinajstić information content (AvgIpc) is 3.61. The van der Waals surface area contributed by atoms with E-state index in [4.69, 9.17) is 42.2 Å². The molecule has 2 aliphatic heterocycles. The summed E-state index contributed by atoms with van der Waals surface area (Å²) in [5.41, 5.74) is -1.47. The molecule has 2 aromatic heterocycles. The SMILES string of the molecule is CC[C@H]1O[C@@]2(C)[C@H](OC(C)=O)[C@@]1(C)O[C@@H](/C=C/C=C/C=C/c1oc(=O)cc(OC)c1C)[C@@H]2OC(=O)CCCC(=O)OCc1c(-c2ccc(OC)cc2)no[n+]1[O-]. The van der Waals surface area contributed by atoms with Crippen LogP contribution in [-0.4, -0.2) is 72.9 Å². The van der Waals surface area contributed by atoms with Crippen LogP contribution < -0.4 is 20.0 Å². The van der Waals surface area contributed by atoms with Gasteiger partial charge in [-0.3, -0.25) is 19.0 Å². The normalized spacial score (nSPS) is 24.5. The number of carbonyl (C=O) groups excluding carboxylic acids is 3. The molecule has 2 bridgehead atoms. The Morgan fingerprint density at radius 1 is 0.964 bits per heavy atom. The van der Waals surface area contributed by atoms with Crippen LogP contribution in [0.4, 0.5) is 0 Å². The number of rotatable bonds is 16. The Balaban J connectivity index is 1.24. The summed E-state index contributed by atoms with van der Waals surface area (Å²) < 4.78 is 50.5. The second-order valence-electron chi connectivity index (χ2n) is 13.6. The standard InChI is InChI=1S/C40H46N2O14/c1-8-32-39(4)38(51-25(3)43)40(5,55-32)37(30(54-39)15-12-10-9-11-14-29-24(2)31(49-7)22-35(46)52-29)53-34(45)17-13-16-33(44)50-23-28-36(41-56-42(28)47)26-18-20-27(48-6)21-19-26/h9-12,14-15,18-22,30,32,37-38H,8,13,16-17,23H2,1-7H3/b10-9+,14-11+,15-12+/t30-,32+,37-,38+,39-,40+/m0/s1. The zero-order valence-corrected chi connectivity index (χ0v) is 32.3. The summed E-state index contributed by atoms with van der Waals surface area (Å²) in [6, 6.07) is 8.01. The maximum atomic E-state index is 13.3. The zero-order chi connectivity index (χ0) is 40.6. The van der Waals surface area contributed by atoms with E-state index in [9.17, 15) is 24.4 Å². The third-order valence-corrected chi connectivity index (χ3v) is 9.74. The van der Waals surface area contributed by atoms with Crippen LogP contribution in [-0.2, 0) is 44.7 Å². The fourth-order valence-electron chi connectivity index (χ4n) is 6.99. The van der Waals surface area contributed by atoms with Crippen molar-refractivity contribution >= 4 is 24.0 Å². The lowest BCUT2D eigenvalue weighted by Crippen LogP contribution is -2.66. The van der Waals surface area contributed by atoms with Crippen molar-refractivity contribution < 1.29 is 61.5 Å². The Hall–Kier alpha value is -5.74. The number of methoxy groups -OCH3 is 2. The van der Waals surface area contributed by atoms with Gasteiger partial charge in [0.25, 0.3) is 5.69 Å². The Kier molecular flexibility index (Phi) is 13.2. The molecule has 56 heavy (non-hydrogen) atoms. The van der Waals surface area contributed by atoms with Crippen LogP contribution in [0, 0.1) is 12.1 Å². The summed E-state index contributed by atoms with van der Waals surface area (Å²) in [7, 11) is 3.00. The molecule has 0 radical (unpaired) electrons. The lowest BCUT2D eigenvalue weighted by Gasteiger charge is -2.48. The van der Waals surface area contributed by atoms with Gasteiger partial charge in [0.2, 0.25) is 5.69 Å². The fourth-order valence-corrected chi connectivity index (χ4v) is 6.99. The number of aromatic nitrogens is 2. The summed E-state index contributed by atoms with van der Waals surface area (Å²) in [5, 5.41) is 16.0. The van der Waals surface area contributed by atoms with Crippen molar-refractivity contribution in [3.8, 4) is 22.8 Å². The molecule has 2 fully saturated rings. The lowest BCUT2D eigenvalue weighted by molar-refractivity contribution is -0.808. The number of allylic oxidation sites excluding steroid dienone is 4. The van der Waals surface area contributed by atoms with E-state index in [2.05, 4.69) is 5.16 Å². The number of nitrogens with zero attached hydrogens (tertiary/aromatic N) is 2. The van der Waals surface area contributed by atoms with Gasteiger partial charge < -0.3 is 42.8 Å². The summed E-state index contributed by atoms with van der Waals surface area (Å²) in [5.74, 6) is -0.482. The van der Waals surface area contributed by atoms with Crippen molar-refractivity contribution in [3.63, 3.8) is 0 Å². The number of esters is 3. The van der Waals surface area contributed by atoms with E-state index in [1.807, 2.05) is 6.92 Å². The Morgan fingerprint density at radius 3 is 2.36 bits per heavy atom. The minimum absolute atomic E-state index is 0.00461. The summed E-state index contributed by atoms with van der Waals surface area (Å²) in [6.45, 7) is 8.10. The molecule has 0 saturated carbocycles. The Morgan fingerprint density at radius 2 is 1.68 bits per heavy atom. The van der Waals surface area contributed by atoms with Crippen molar-refractivity contribution in [2.24, 2.45) is 0 Å². The van der Waals surface area contributed by atoms with Gasteiger partial charge in [-0.25, -0.2) is 4.79 Å². The molecule has 16 heteroatoms. The molecule has 0 spiro atoms. The van der Waals surface area contributed by atoms with E-state index in [0.29, 0.717) is 34.8 Å². The highest BCUT2D eigenvalue weighted by Crippen LogP contribution is 2.52. The van der Waals surface area contributed by atoms with Gasteiger partial charge in [-0.1, -0.05) is 37.3 Å². The lowest BCUT2D eigenvalue weighted by atomic mass is 9.77. The van der Waals surface area contributed by atoms with E-state index in [1.54, 1.807) is 81.5 Å². The van der Waals surface area contributed by atoms with E-state index in [1.165, 1.54) is 27.2 Å². The third-order valence-electron chi connectivity index (χ3n) is 9.74. The first-order chi connectivity index (χ1) is 26.7. The first-order valence-electron chi connectivity index (χ1n) is 18.0. The van der Waals surface area contributed by atoms with Gasteiger partial charge in [-0.05, 0) is 68.9 Å². The molecule has 1 aromatic carbocycles. The number of ether oxygens (including phenoxy) is 7. The van der Waals surface area contributed by atoms with E-state index in [-0.39, 0.29) is 35.6 Å². The predicted octanol–water partition coefficient (Wildman–Crippen LogP) is 4.86. The predicted molar refractivity (Wildman–Crippen MR) is 197 cm³/mol. The van der Waals surface area contributed by atoms with Gasteiger partial charge >= 0.3 is 23.5 Å². The van der Waals surface area contributed by atoms with Crippen LogP contribution in [0.2, 0.25) is 0 Å². The van der Waals surface area contributed by atoms with Crippen LogP contribution in [0.15, 0.2) is 74.6 Å². The zero-order valence-electron chi connectivity index (χ0n) is 32.3. The van der Waals surface area contributed by atoms with Crippen molar-refractivity contribution in [3.05, 3.63) is 93.4 Å². The molecule has 4 heterocycles. The van der Waals surface area contributed by atoms with E-state index >= 15 is 0 Å². The molecule has 2 aliphatic rings. The molecule has 0 N–H and O–H groups in total. The first kappa shape index (κ1) is 41.4. The van der Waals surface area contributed by atoms with Crippen LogP contribution in [0.1, 0.15) is 70.4 Å². The van der Waals surface area contributed by atoms with Crippen LogP contribution in [0.5, 0.6) is 11.5 Å². The molecule has 3 aromatic rings. The van der Waals surface area contributed by atoms with E-state index in [0.717, 1.165) is 0 Å². The number of hydrogen-bond acceptors (Lipinski definition) is 15. The second-order valence-corrected chi connectivity index (χ2v) is 13.6. The highest BCUT2D eigenvalue weighted by atomic mass is 16.8. The molecule has 0 unspecified atom stereocenters. The maximum Gasteiger partial charge on any atom is 0.339 e. The number of carbonyl (C=O) groups is 3. The molecule has 16 nitrogen and oxygen atoms in total. The second kappa shape index (κ2) is 17.8. The van der Waals surface area contributed by atoms with Crippen molar-refractivity contribution in [1.29, 1.82) is 0 Å². The largest absolute Gasteiger partial charge is 0.497 e. The maximum absolute atomic E-state index is 13.3. The van der Waals surface area contributed by atoms with Gasteiger partial charge in [-0.2, -0.15) is 0 Å². The molecule has 2 saturated heterocycles. The number of fused-ring (bicyclic) bond motifs is 2. The Bertz CT molecular complexity index is 2030. The van der Waals surface area contributed by atoms with Crippen molar-refractivity contribution in [2.45, 2.75) is 103 Å². The smallest absolute Gasteiger partial charge is 0.339 e.